The second-order valence-electron chi connectivity index (χ2n) is 8.23. The topological polar surface area (TPSA) is 62.3 Å². The van der Waals surface area contributed by atoms with Crippen molar-refractivity contribution in [2.24, 2.45) is 5.92 Å². The van der Waals surface area contributed by atoms with Gasteiger partial charge < -0.3 is 20.3 Å². The molecule has 166 valence electrons. The molecule has 2 heterocycles. The molecule has 2 atom stereocenters. The van der Waals surface area contributed by atoms with Crippen LogP contribution in [-0.2, 0) is 0 Å². The Hall–Kier alpha value is -3.19. The molecule has 3 aromatic rings. The maximum absolute atomic E-state index is 6.03. The van der Waals surface area contributed by atoms with Crippen LogP contribution in [0.15, 0.2) is 66.7 Å². The molecule has 0 radical (unpaired) electrons. The summed E-state index contributed by atoms with van der Waals surface area (Å²) in [6.45, 7) is 6.28. The molecule has 6 nitrogen and oxygen atoms in total. The standard InChI is InChI=1S/C25H29N5OS/c1-18-10-9-15-30(17-18)22-16-23(31-21-13-7-4-8-14-21)28-24(27-22)29-25(32)26-19(2)20-11-5-3-6-12-20/h3-8,11-14,16,18-19H,9-10,15,17H2,1-2H3,(H2,26,27,28,29,32). The van der Waals surface area contributed by atoms with E-state index in [0.717, 1.165) is 36.6 Å². The molecule has 0 bridgehead atoms. The Morgan fingerprint density at radius 3 is 2.53 bits per heavy atom. The summed E-state index contributed by atoms with van der Waals surface area (Å²) in [5, 5.41) is 6.93. The summed E-state index contributed by atoms with van der Waals surface area (Å²) in [5.41, 5.74) is 1.15. The van der Waals surface area contributed by atoms with Crippen LogP contribution in [0.25, 0.3) is 0 Å². The van der Waals surface area contributed by atoms with Crippen LogP contribution in [0.3, 0.4) is 0 Å². The molecule has 1 fully saturated rings. The molecule has 2 N–H and O–H groups in total. The van der Waals surface area contributed by atoms with Crippen molar-refractivity contribution in [3.63, 3.8) is 0 Å². The summed E-state index contributed by atoms with van der Waals surface area (Å²) in [7, 11) is 0. The van der Waals surface area contributed by atoms with Crippen LogP contribution < -0.4 is 20.3 Å². The van der Waals surface area contributed by atoms with E-state index in [2.05, 4.69) is 46.5 Å². The highest BCUT2D eigenvalue weighted by Crippen LogP contribution is 2.27. The first-order valence-electron chi connectivity index (χ1n) is 11.1. The van der Waals surface area contributed by atoms with Crippen LogP contribution in [0.2, 0.25) is 0 Å². The number of hydrogen-bond acceptors (Lipinski definition) is 5. The van der Waals surface area contributed by atoms with E-state index in [-0.39, 0.29) is 6.04 Å². The lowest BCUT2D eigenvalue weighted by Gasteiger charge is -2.32. The van der Waals surface area contributed by atoms with Gasteiger partial charge in [0, 0.05) is 19.2 Å². The van der Waals surface area contributed by atoms with Gasteiger partial charge in [0.2, 0.25) is 11.8 Å². The molecule has 4 rings (SSSR count). The molecule has 1 aliphatic heterocycles. The van der Waals surface area contributed by atoms with E-state index in [0.29, 0.717) is 22.9 Å². The number of thiocarbonyl (C=S) groups is 1. The number of hydrogen-bond donors (Lipinski definition) is 2. The lowest BCUT2D eigenvalue weighted by Crippen LogP contribution is -2.35. The number of ether oxygens (including phenoxy) is 1. The third-order valence-electron chi connectivity index (χ3n) is 5.51. The first-order valence-corrected chi connectivity index (χ1v) is 11.5. The molecule has 1 aromatic heterocycles. The number of benzene rings is 2. The Bertz CT molecular complexity index is 1030. The van der Waals surface area contributed by atoms with Crippen molar-refractivity contribution in [3.05, 3.63) is 72.3 Å². The van der Waals surface area contributed by atoms with Crippen molar-refractivity contribution in [2.75, 3.05) is 23.3 Å². The summed E-state index contributed by atoms with van der Waals surface area (Å²) in [6, 6.07) is 21.8. The highest BCUT2D eigenvalue weighted by molar-refractivity contribution is 7.80. The molecule has 0 amide bonds. The van der Waals surface area contributed by atoms with E-state index in [1.807, 2.05) is 54.6 Å². The number of para-hydroxylation sites is 1. The minimum absolute atomic E-state index is 0.0577. The Kier molecular flexibility index (Phi) is 7.17. The van der Waals surface area contributed by atoms with Crippen LogP contribution in [0.4, 0.5) is 11.8 Å². The van der Waals surface area contributed by atoms with E-state index in [9.17, 15) is 0 Å². The lowest BCUT2D eigenvalue weighted by molar-refractivity contribution is 0.440. The Morgan fingerprint density at radius 1 is 1.09 bits per heavy atom. The van der Waals surface area contributed by atoms with Crippen LogP contribution >= 0.6 is 12.2 Å². The zero-order valence-corrected chi connectivity index (χ0v) is 19.3. The largest absolute Gasteiger partial charge is 0.439 e. The van der Waals surface area contributed by atoms with E-state index in [4.69, 9.17) is 21.9 Å². The van der Waals surface area contributed by atoms with Gasteiger partial charge in [0.1, 0.15) is 11.6 Å². The fourth-order valence-electron chi connectivity index (χ4n) is 3.85. The highest BCUT2D eigenvalue weighted by Gasteiger charge is 2.20. The number of nitrogens with one attached hydrogen (secondary N) is 2. The number of nitrogens with zero attached hydrogens (tertiary/aromatic N) is 3. The van der Waals surface area contributed by atoms with Crippen LogP contribution in [0.5, 0.6) is 11.6 Å². The Morgan fingerprint density at radius 2 is 1.81 bits per heavy atom. The lowest BCUT2D eigenvalue weighted by atomic mass is 10.0. The molecule has 1 saturated heterocycles. The van der Waals surface area contributed by atoms with Gasteiger partial charge in [-0.1, -0.05) is 55.5 Å². The van der Waals surface area contributed by atoms with Crippen molar-refractivity contribution in [3.8, 4) is 11.6 Å². The molecule has 0 spiro atoms. The normalized spacial score (nSPS) is 16.8. The van der Waals surface area contributed by atoms with E-state index >= 15 is 0 Å². The molecule has 1 aliphatic rings. The Labute approximate surface area is 195 Å². The highest BCUT2D eigenvalue weighted by atomic mass is 32.1. The quantitative estimate of drug-likeness (QED) is 0.480. The van der Waals surface area contributed by atoms with Gasteiger partial charge >= 0.3 is 0 Å². The fourth-order valence-corrected chi connectivity index (χ4v) is 4.12. The Balaban J connectivity index is 1.53. The fraction of sp³-hybridized carbons (Fsp3) is 0.320. The summed E-state index contributed by atoms with van der Waals surface area (Å²) in [6.07, 6.45) is 2.39. The molecular formula is C25H29N5OS. The maximum Gasteiger partial charge on any atom is 0.234 e. The predicted octanol–water partition coefficient (Wildman–Crippen LogP) is 5.55. The predicted molar refractivity (Wildman–Crippen MR) is 133 cm³/mol. The third-order valence-corrected chi connectivity index (χ3v) is 5.73. The molecule has 7 heteroatoms. The first-order chi connectivity index (χ1) is 15.6. The third kappa shape index (κ3) is 5.95. The monoisotopic (exact) mass is 447 g/mol. The SMILES string of the molecule is CC1CCCN(c2cc(Oc3ccccc3)nc(NC(=S)NC(C)c3ccccc3)n2)C1. The zero-order chi connectivity index (χ0) is 22.3. The van der Waals surface area contributed by atoms with Gasteiger partial charge in [-0.2, -0.15) is 9.97 Å². The van der Waals surface area contributed by atoms with Crippen LogP contribution in [0.1, 0.15) is 38.3 Å². The van der Waals surface area contributed by atoms with E-state index in [1.165, 1.54) is 6.42 Å². The minimum atomic E-state index is 0.0577. The maximum atomic E-state index is 6.03. The zero-order valence-electron chi connectivity index (χ0n) is 18.5. The van der Waals surface area contributed by atoms with E-state index < -0.39 is 0 Å². The molecule has 32 heavy (non-hydrogen) atoms. The summed E-state index contributed by atoms with van der Waals surface area (Å²) >= 11 is 5.55. The first kappa shape index (κ1) is 22.0. The number of anilines is 2. The second-order valence-corrected chi connectivity index (χ2v) is 8.64. The average molecular weight is 448 g/mol. The van der Waals surface area contributed by atoms with Crippen molar-refractivity contribution in [1.29, 1.82) is 0 Å². The van der Waals surface area contributed by atoms with Gasteiger partial charge in [-0.05, 0) is 55.6 Å². The van der Waals surface area contributed by atoms with Gasteiger partial charge in [-0.3, -0.25) is 0 Å². The van der Waals surface area contributed by atoms with Gasteiger partial charge in [-0.15, -0.1) is 0 Å². The number of rotatable bonds is 6. The minimum Gasteiger partial charge on any atom is -0.439 e. The van der Waals surface area contributed by atoms with E-state index in [1.54, 1.807) is 0 Å². The van der Waals surface area contributed by atoms with Gasteiger partial charge in [-0.25, -0.2) is 0 Å². The summed E-state index contributed by atoms with van der Waals surface area (Å²) < 4.78 is 6.03. The van der Waals surface area contributed by atoms with Crippen LogP contribution in [0, 0.1) is 5.92 Å². The van der Waals surface area contributed by atoms with Crippen molar-refractivity contribution in [1.82, 2.24) is 15.3 Å². The molecular weight excluding hydrogens is 418 g/mol. The van der Waals surface area contributed by atoms with Gasteiger partial charge in [0.15, 0.2) is 5.11 Å². The van der Waals surface area contributed by atoms with Crippen LogP contribution in [-0.4, -0.2) is 28.2 Å². The molecule has 0 aliphatic carbocycles. The average Bonchev–Trinajstić information content (AvgIpc) is 2.80. The summed E-state index contributed by atoms with van der Waals surface area (Å²) in [5.74, 6) is 3.11. The molecule has 2 unspecified atom stereocenters. The molecule has 0 saturated carbocycles. The second kappa shape index (κ2) is 10.4. The van der Waals surface area contributed by atoms with Crippen molar-refractivity contribution in [2.45, 2.75) is 32.7 Å². The van der Waals surface area contributed by atoms with Crippen molar-refractivity contribution < 1.29 is 4.74 Å². The summed E-state index contributed by atoms with van der Waals surface area (Å²) in [4.78, 5) is 11.6. The van der Waals surface area contributed by atoms with Gasteiger partial charge in [0.05, 0.1) is 6.04 Å². The smallest absolute Gasteiger partial charge is 0.234 e. The van der Waals surface area contributed by atoms with Crippen molar-refractivity contribution >= 4 is 29.1 Å². The number of piperidine rings is 1. The number of aromatic nitrogens is 2. The van der Waals surface area contributed by atoms with Gasteiger partial charge in [0.25, 0.3) is 0 Å². The molecule has 2 aromatic carbocycles.